The van der Waals surface area contributed by atoms with Gasteiger partial charge in [-0.1, -0.05) is 0 Å². The second-order valence-electron chi connectivity index (χ2n) is 4.59. The van der Waals surface area contributed by atoms with Crippen LogP contribution in [0, 0.1) is 13.8 Å². The molecular formula is C13H19N3O3. The smallest absolute Gasteiger partial charge is 0.254 e. The van der Waals surface area contributed by atoms with Crippen LogP contribution in [0.3, 0.4) is 0 Å². The molecule has 1 atom stereocenters. The molecule has 2 heterocycles. The van der Waals surface area contributed by atoms with Crippen LogP contribution in [0.2, 0.25) is 0 Å². The summed E-state index contributed by atoms with van der Waals surface area (Å²) in [5, 5.41) is 3.22. The average Bonchev–Trinajstić information content (AvgIpc) is 2.36. The highest BCUT2D eigenvalue weighted by molar-refractivity contribution is 5.96. The van der Waals surface area contributed by atoms with Gasteiger partial charge in [-0.15, -0.1) is 0 Å². The van der Waals surface area contributed by atoms with Crippen LogP contribution in [-0.2, 0) is 4.74 Å². The molecule has 6 heteroatoms. The van der Waals surface area contributed by atoms with E-state index in [0.717, 1.165) is 18.8 Å². The van der Waals surface area contributed by atoms with Crippen molar-refractivity contribution in [1.29, 1.82) is 0 Å². The molecule has 1 aliphatic rings. The normalized spacial score (nSPS) is 19.2. The number of aryl methyl sites for hydroxylation is 2. The van der Waals surface area contributed by atoms with Gasteiger partial charge in [0.2, 0.25) is 0 Å². The Labute approximate surface area is 112 Å². The highest BCUT2D eigenvalue weighted by Gasteiger charge is 2.18. The molecule has 0 bridgehead atoms. The summed E-state index contributed by atoms with van der Waals surface area (Å²) in [5.41, 5.74) is 7.09. The molecule has 1 unspecified atom stereocenters. The summed E-state index contributed by atoms with van der Waals surface area (Å²) in [6.45, 7) is 6.26. The van der Waals surface area contributed by atoms with Gasteiger partial charge in [-0.3, -0.25) is 9.78 Å². The summed E-state index contributed by atoms with van der Waals surface area (Å²) in [7, 11) is 0. The number of nitrogens with zero attached hydrogens (tertiary/aromatic N) is 1. The summed E-state index contributed by atoms with van der Waals surface area (Å²) >= 11 is 0. The van der Waals surface area contributed by atoms with E-state index in [2.05, 4.69) is 10.3 Å². The minimum atomic E-state index is -0.525. The first-order chi connectivity index (χ1) is 9.08. The number of aromatic nitrogens is 1. The lowest BCUT2D eigenvalue weighted by molar-refractivity contribution is -0.00000910. The summed E-state index contributed by atoms with van der Waals surface area (Å²) in [6, 6.07) is 1.73. The molecule has 1 aliphatic heterocycles. The number of ether oxygens (including phenoxy) is 2. The van der Waals surface area contributed by atoms with Crippen molar-refractivity contribution in [3.8, 4) is 5.75 Å². The molecule has 1 aromatic rings. The maximum Gasteiger partial charge on any atom is 0.254 e. The van der Waals surface area contributed by atoms with Gasteiger partial charge in [-0.25, -0.2) is 0 Å². The fraction of sp³-hybridized carbons (Fsp3) is 0.538. The van der Waals surface area contributed by atoms with Gasteiger partial charge in [0.15, 0.2) is 0 Å². The van der Waals surface area contributed by atoms with E-state index in [1.54, 1.807) is 13.0 Å². The van der Waals surface area contributed by atoms with Crippen LogP contribution in [-0.4, -0.2) is 43.3 Å². The maximum atomic E-state index is 11.5. The second kappa shape index (κ2) is 5.99. The quantitative estimate of drug-likeness (QED) is 0.810. The zero-order valence-corrected chi connectivity index (χ0v) is 11.2. The molecule has 0 aliphatic carbocycles. The van der Waals surface area contributed by atoms with Crippen LogP contribution >= 0.6 is 0 Å². The fourth-order valence-corrected chi connectivity index (χ4v) is 2.12. The van der Waals surface area contributed by atoms with Gasteiger partial charge in [-0.2, -0.15) is 0 Å². The van der Waals surface area contributed by atoms with Crippen LogP contribution in [0.15, 0.2) is 6.07 Å². The van der Waals surface area contributed by atoms with Crippen LogP contribution in [0.25, 0.3) is 0 Å². The number of amides is 1. The van der Waals surface area contributed by atoms with E-state index in [0.29, 0.717) is 30.2 Å². The topological polar surface area (TPSA) is 86.5 Å². The molecule has 2 rings (SSSR count). The maximum absolute atomic E-state index is 11.5. The highest BCUT2D eigenvalue weighted by Crippen LogP contribution is 2.22. The number of nitrogens with one attached hydrogen (secondary N) is 1. The van der Waals surface area contributed by atoms with Gasteiger partial charge in [0.1, 0.15) is 24.0 Å². The summed E-state index contributed by atoms with van der Waals surface area (Å²) < 4.78 is 11.2. The van der Waals surface area contributed by atoms with E-state index in [1.807, 2.05) is 6.92 Å². The Kier molecular flexibility index (Phi) is 4.34. The first kappa shape index (κ1) is 13.8. The highest BCUT2D eigenvalue weighted by atomic mass is 16.5. The standard InChI is InChI=1S/C13H19N3O3/c1-8-5-11(12(13(14)17)9(2)16-8)19-7-10-6-15-3-4-18-10/h5,10,15H,3-4,6-7H2,1-2H3,(H2,14,17). The van der Waals surface area contributed by atoms with Crippen LogP contribution in [0.4, 0.5) is 0 Å². The van der Waals surface area contributed by atoms with Gasteiger partial charge >= 0.3 is 0 Å². The van der Waals surface area contributed by atoms with Crippen molar-refractivity contribution in [3.05, 3.63) is 23.0 Å². The Morgan fingerprint density at radius 1 is 1.63 bits per heavy atom. The second-order valence-corrected chi connectivity index (χ2v) is 4.59. The predicted molar refractivity (Wildman–Crippen MR) is 70.3 cm³/mol. The molecule has 0 spiro atoms. The molecule has 1 fully saturated rings. The average molecular weight is 265 g/mol. The molecule has 0 aromatic carbocycles. The van der Waals surface area contributed by atoms with Gasteiger partial charge in [0.05, 0.1) is 12.3 Å². The van der Waals surface area contributed by atoms with Crippen molar-refractivity contribution in [1.82, 2.24) is 10.3 Å². The molecular weight excluding hydrogens is 246 g/mol. The van der Waals surface area contributed by atoms with Crippen molar-refractivity contribution in [2.75, 3.05) is 26.3 Å². The third-order valence-electron chi connectivity index (χ3n) is 2.97. The Balaban J connectivity index is 2.12. The predicted octanol–water partition coefficient (Wildman–Crippen LogP) is 0.165. The molecule has 0 radical (unpaired) electrons. The summed E-state index contributed by atoms with van der Waals surface area (Å²) in [4.78, 5) is 15.7. The molecule has 19 heavy (non-hydrogen) atoms. The van der Waals surface area contributed by atoms with Crippen molar-refractivity contribution >= 4 is 5.91 Å². The first-order valence-electron chi connectivity index (χ1n) is 6.31. The Morgan fingerprint density at radius 2 is 2.42 bits per heavy atom. The molecule has 1 amide bonds. The van der Waals surface area contributed by atoms with Gasteiger partial charge in [-0.05, 0) is 13.8 Å². The number of primary amides is 1. The third kappa shape index (κ3) is 3.42. The van der Waals surface area contributed by atoms with Gasteiger partial charge < -0.3 is 20.5 Å². The molecule has 6 nitrogen and oxygen atoms in total. The summed E-state index contributed by atoms with van der Waals surface area (Å²) in [6.07, 6.45) is -0.0109. The number of hydrogen-bond donors (Lipinski definition) is 2. The number of hydrogen-bond acceptors (Lipinski definition) is 5. The number of rotatable bonds is 4. The van der Waals surface area contributed by atoms with Gasteiger partial charge in [0.25, 0.3) is 5.91 Å². The minimum absolute atomic E-state index is 0.0109. The first-order valence-corrected chi connectivity index (χ1v) is 6.31. The molecule has 3 N–H and O–H groups in total. The number of carbonyl (C=O) groups is 1. The molecule has 1 saturated heterocycles. The number of nitrogens with two attached hydrogens (primary N) is 1. The number of carbonyl (C=O) groups excluding carboxylic acids is 1. The minimum Gasteiger partial charge on any atom is -0.490 e. The Hall–Kier alpha value is -1.66. The number of morpholine rings is 1. The van der Waals surface area contributed by atoms with Crippen molar-refractivity contribution < 1.29 is 14.3 Å². The largest absolute Gasteiger partial charge is 0.490 e. The van der Waals surface area contributed by atoms with Crippen LogP contribution < -0.4 is 15.8 Å². The summed E-state index contributed by atoms with van der Waals surface area (Å²) in [5.74, 6) is -0.0469. The van der Waals surface area contributed by atoms with E-state index in [-0.39, 0.29) is 6.10 Å². The van der Waals surface area contributed by atoms with Gasteiger partial charge in [0, 0.05) is 24.8 Å². The molecule has 0 saturated carbocycles. The van der Waals surface area contributed by atoms with Crippen molar-refractivity contribution in [2.45, 2.75) is 20.0 Å². The van der Waals surface area contributed by atoms with Crippen LogP contribution in [0.5, 0.6) is 5.75 Å². The molecule has 1 aromatic heterocycles. The zero-order chi connectivity index (χ0) is 13.8. The van der Waals surface area contributed by atoms with E-state index in [9.17, 15) is 4.79 Å². The lowest BCUT2D eigenvalue weighted by Gasteiger charge is -2.24. The fourth-order valence-electron chi connectivity index (χ4n) is 2.12. The lowest BCUT2D eigenvalue weighted by atomic mass is 10.1. The zero-order valence-electron chi connectivity index (χ0n) is 11.2. The van der Waals surface area contributed by atoms with E-state index < -0.39 is 5.91 Å². The van der Waals surface area contributed by atoms with E-state index in [1.165, 1.54) is 0 Å². The molecule has 104 valence electrons. The third-order valence-corrected chi connectivity index (χ3v) is 2.97. The monoisotopic (exact) mass is 265 g/mol. The van der Waals surface area contributed by atoms with E-state index in [4.69, 9.17) is 15.2 Å². The SMILES string of the molecule is Cc1cc(OCC2CNCCO2)c(C(N)=O)c(C)n1. The number of pyridine rings is 1. The lowest BCUT2D eigenvalue weighted by Crippen LogP contribution is -2.41. The van der Waals surface area contributed by atoms with Crippen molar-refractivity contribution in [3.63, 3.8) is 0 Å². The Bertz CT molecular complexity index is 470. The Morgan fingerprint density at radius 3 is 3.05 bits per heavy atom. The van der Waals surface area contributed by atoms with Crippen LogP contribution in [0.1, 0.15) is 21.7 Å². The van der Waals surface area contributed by atoms with E-state index >= 15 is 0 Å². The van der Waals surface area contributed by atoms with Crippen molar-refractivity contribution in [2.24, 2.45) is 5.73 Å².